The number of halogens is 6. The van der Waals surface area contributed by atoms with E-state index in [-0.39, 0.29) is 57.8 Å². The maximum absolute atomic E-state index is 12.6. The van der Waals surface area contributed by atoms with E-state index < -0.39 is 24.2 Å². The molecule has 2 rings (SSSR count). The molecule has 3 nitrogen and oxygen atoms in total. The quantitative estimate of drug-likeness (QED) is 0.418. The van der Waals surface area contributed by atoms with Gasteiger partial charge in [0.05, 0.1) is 11.8 Å². The lowest BCUT2D eigenvalue weighted by Crippen LogP contribution is -2.51. The maximum atomic E-state index is 12.6. The Morgan fingerprint density at radius 3 is 1.18 bits per heavy atom. The van der Waals surface area contributed by atoms with Crippen LogP contribution in [0.2, 0.25) is 0 Å². The van der Waals surface area contributed by atoms with Crippen molar-refractivity contribution in [3.8, 4) is 0 Å². The van der Waals surface area contributed by atoms with E-state index >= 15 is 0 Å². The van der Waals surface area contributed by atoms with Gasteiger partial charge in [0.1, 0.15) is 0 Å². The minimum Gasteiger partial charge on any atom is -0.343 e. The van der Waals surface area contributed by atoms with Crippen LogP contribution in [0.1, 0.15) is 25.7 Å². The van der Waals surface area contributed by atoms with Crippen LogP contribution in [-0.2, 0) is 0 Å². The smallest absolute Gasteiger partial charge is 0.343 e. The summed E-state index contributed by atoms with van der Waals surface area (Å²) in [5, 5.41) is 8.01. The number of nitrogens with one attached hydrogen (secondary N) is 1. The number of nitrogens with zero attached hydrogens (tertiary/aromatic N) is 2. The number of piperidine rings is 2. The molecule has 0 unspecified atom stereocenters. The zero-order valence-electron chi connectivity index (χ0n) is 12.0. The Bertz CT molecular complexity index is 354. The van der Waals surface area contributed by atoms with Crippen LogP contribution in [0.25, 0.3) is 0 Å². The van der Waals surface area contributed by atoms with Crippen LogP contribution in [-0.4, -0.2) is 54.3 Å². The number of hydrogen-bond acceptors (Lipinski definition) is 1. The molecule has 2 fully saturated rings. The Morgan fingerprint density at radius 1 is 0.682 bits per heavy atom. The first kappa shape index (κ1) is 17.2. The van der Waals surface area contributed by atoms with Gasteiger partial charge in [0, 0.05) is 26.2 Å². The van der Waals surface area contributed by atoms with Crippen LogP contribution in [0, 0.1) is 17.2 Å². The van der Waals surface area contributed by atoms with Crippen molar-refractivity contribution in [2.45, 2.75) is 38.0 Å². The largest absolute Gasteiger partial charge is 0.391 e. The van der Waals surface area contributed by atoms with Crippen molar-refractivity contribution >= 4 is 5.96 Å². The highest BCUT2D eigenvalue weighted by Crippen LogP contribution is 2.36. The minimum atomic E-state index is -4.21. The number of guanidine groups is 1. The topological polar surface area (TPSA) is 30.3 Å². The summed E-state index contributed by atoms with van der Waals surface area (Å²) in [6.07, 6.45) is -8.68. The summed E-state index contributed by atoms with van der Waals surface area (Å²) in [7, 11) is 0. The highest BCUT2D eigenvalue weighted by molar-refractivity contribution is 5.77. The van der Waals surface area contributed by atoms with Gasteiger partial charge in [0.2, 0.25) is 0 Å². The molecule has 0 spiro atoms. The lowest BCUT2D eigenvalue weighted by molar-refractivity contribution is -0.184. The van der Waals surface area contributed by atoms with E-state index in [0.29, 0.717) is 0 Å². The van der Waals surface area contributed by atoms with Gasteiger partial charge in [-0.05, 0) is 25.7 Å². The van der Waals surface area contributed by atoms with E-state index in [9.17, 15) is 26.3 Å². The van der Waals surface area contributed by atoms with Gasteiger partial charge in [-0.3, -0.25) is 5.41 Å². The molecule has 0 radical (unpaired) electrons. The summed E-state index contributed by atoms with van der Waals surface area (Å²) < 4.78 is 75.5. The van der Waals surface area contributed by atoms with E-state index in [0.717, 1.165) is 0 Å². The lowest BCUT2D eigenvalue weighted by atomic mass is 9.95. The van der Waals surface area contributed by atoms with E-state index in [1.165, 1.54) is 9.80 Å². The first-order valence-corrected chi connectivity index (χ1v) is 7.31. The van der Waals surface area contributed by atoms with Crippen molar-refractivity contribution in [3.63, 3.8) is 0 Å². The molecule has 0 aromatic heterocycles. The van der Waals surface area contributed by atoms with Gasteiger partial charge in [-0.15, -0.1) is 0 Å². The fourth-order valence-corrected chi connectivity index (χ4v) is 3.04. The fourth-order valence-electron chi connectivity index (χ4n) is 3.04. The molecule has 0 bridgehead atoms. The summed E-state index contributed by atoms with van der Waals surface area (Å²) in [6.45, 7) is 0.509. The van der Waals surface area contributed by atoms with Gasteiger partial charge in [-0.25, -0.2) is 0 Å². The highest BCUT2D eigenvalue weighted by atomic mass is 19.4. The molecule has 0 atom stereocenters. The van der Waals surface area contributed by atoms with Crippen LogP contribution >= 0.6 is 0 Å². The van der Waals surface area contributed by atoms with Crippen molar-refractivity contribution in [1.29, 1.82) is 5.41 Å². The fraction of sp³-hybridized carbons (Fsp3) is 0.923. The van der Waals surface area contributed by atoms with Crippen LogP contribution < -0.4 is 0 Å². The van der Waals surface area contributed by atoms with Gasteiger partial charge in [0.15, 0.2) is 5.96 Å². The third kappa shape index (κ3) is 3.98. The normalized spacial score (nSPS) is 23.0. The predicted octanol–water partition coefficient (Wildman–Crippen LogP) is 3.47. The van der Waals surface area contributed by atoms with E-state index in [4.69, 9.17) is 5.41 Å². The Hall–Kier alpha value is -1.15. The lowest BCUT2D eigenvalue weighted by Gasteiger charge is -2.41. The second-order valence-electron chi connectivity index (χ2n) is 5.93. The molecule has 0 aliphatic carbocycles. The first-order valence-electron chi connectivity index (χ1n) is 7.31. The molecule has 2 saturated heterocycles. The average molecular weight is 331 g/mol. The molecule has 9 heteroatoms. The Kier molecular flexibility index (Phi) is 4.81. The Balaban J connectivity index is 1.82. The Morgan fingerprint density at radius 2 is 0.955 bits per heavy atom. The van der Waals surface area contributed by atoms with Crippen molar-refractivity contribution in [2.75, 3.05) is 26.2 Å². The summed E-state index contributed by atoms with van der Waals surface area (Å²) in [6, 6.07) is 0. The van der Waals surface area contributed by atoms with Gasteiger partial charge >= 0.3 is 12.4 Å². The summed E-state index contributed by atoms with van der Waals surface area (Å²) >= 11 is 0. The van der Waals surface area contributed by atoms with Gasteiger partial charge in [-0.1, -0.05) is 0 Å². The second kappa shape index (κ2) is 6.16. The summed E-state index contributed by atoms with van der Waals surface area (Å²) in [5.74, 6) is -2.62. The molecular weight excluding hydrogens is 312 g/mol. The molecule has 0 saturated carbocycles. The molecule has 2 aliphatic rings. The van der Waals surface area contributed by atoms with Crippen molar-refractivity contribution in [2.24, 2.45) is 11.8 Å². The predicted molar refractivity (Wildman–Crippen MR) is 68.4 cm³/mol. The van der Waals surface area contributed by atoms with Crippen LogP contribution in [0.5, 0.6) is 0 Å². The average Bonchev–Trinajstić information content (AvgIpc) is 2.45. The third-order valence-electron chi connectivity index (χ3n) is 4.51. The summed E-state index contributed by atoms with van der Waals surface area (Å²) in [4.78, 5) is 3.08. The van der Waals surface area contributed by atoms with Crippen LogP contribution in [0.15, 0.2) is 0 Å². The molecule has 0 amide bonds. The number of hydrogen-bond donors (Lipinski definition) is 1. The molecule has 0 aromatic rings. The molecule has 22 heavy (non-hydrogen) atoms. The van der Waals surface area contributed by atoms with Gasteiger partial charge < -0.3 is 9.80 Å². The molecule has 1 N–H and O–H groups in total. The maximum Gasteiger partial charge on any atom is 0.391 e. The zero-order valence-corrected chi connectivity index (χ0v) is 12.0. The molecule has 128 valence electrons. The van der Waals surface area contributed by atoms with Crippen molar-refractivity contribution in [3.05, 3.63) is 0 Å². The van der Waals surface area contributed by atoms with Gasteiger partial charge in [0.25, 0.3) is 0 Å². The van der Waals surface area contributed by atoms with E-state index in [1.54, 1.807) is 0 Å². The number of likely N-dealkylation sites (tertiary alicyclic amines) is 2. The summed E-state index contributed by atoms with van der Waals surface area (Å²) in [5.41, 5.74) is 0. The van der Waals surface area contributed by atoms with Crippen molar-refractivity contribution in [1.82, 2.24) is 9.80 Å². The SMILES string of the molecule is N=C(N1CCC(C(F)(F)F)CC1)N1CCC(C(F)(F)F)CC1. The van der Waals surface area contributed by atoms with Gasteiger partial charge in [-0.2, -0.15) is 26.3 Å². The Labute approximate surface area is 124 Å². The number of rotatable bonds is 0. The molecule has 2 heterocycles. The van der Waals surface area contributed by atoms with Crippen molar-refractivity contribution < 1.29 is 26.3 Å². The standard InChI is InChI=1S/C13H19F6N3/c14-12(15,16)9-1-5-21(6-2-9)11(20)22-7-3-10(4-8-22)13(17,18)19/h9-10,20H,1-8H2. The monoisotopic (exact) mass is 331 g/mol. The number of alkyl halides is 6. The zero-order chi connectivity index (χ0) is 16.5. The van der Waals surface area contributed by atoms with Crippen LogP contribution in [0.4, 0.5) is 26.3 Å². The van der Waals surface area contributed by atoms with Crippen LogP contribution in [0.3, 0.4) is 0 Å². The third-order valence-corrected chi connectivity index (χ3v) is 4.51. The molecule has 0 aromatic carbocycles. The highest BCUT2D eigenvalue weighted by Gasteiger charge is 2.43. The first-order chi connectivity index (χ1) is 10.1. The second-order valence-corrected chi connectivity index (χ2v) is 5.93. The molecular formula is C13H19F6N3. The van der Waals surface area contributed by atoms with E-state index in [1.807, 2.05) is 0 Å². The minimum absolute atomic E-state index is 0.0567. The van der Waals surface area contributed by atoms with E-state index in [2.05, 4.69) is 0 Å². The molecule has 2 aliphatic heterocycles.